The van der Waals surface area contributed by atoms with Crippen molar-refractivity contribution in [3.63, 3.8) is 0 Å². The highest BCUT2D eigenvalue weighted by atomic mass is 16.2. The van der Waals surface area contributed by atoms with Crippen molar-refractivity contribution in [1.29, 1.82) is 0 Å². The van der Waals surface area contributed by atoms with Crippen molar-refractivity contribution >= 4 is 11.7 Å². The zero-order valence-electron chi connectivity index (χ0n) is 15.0. The first-order chi connectivity index (χ1) is 12.2. The molecule has 1 atom stereocenters. The van der Waals surface area contributed by atoms with E-state index in [-0.39, 0.29) is 5.91 Å². The van der Waals surface area contributed by atoms with Crippen LogP contribution in [0.2, 0.25) is 0 Å². The Morgan fingerprint density at radius 2 is 2.04 bits per heavy atom. The molecule has 1 N–H and O–H groups in total. The van der Waals surface area contributed by atoms with Gasteiger partial charge in [0, 0.05) is 19.1 Å². The Balaban J connectivity index is 1.63. The summed E-state index contributed by atoms with van der Waals surface area (Å²) in [6, 6.07) is 12.2. The van der Waals surface area contributed by atoms with Crippen molar-refractivity contribution in [1.82, 2.24) is 15.1 Å². The lowest BCUT2D eigenvalue weighted by Gasteiger charge is -2.34. The van der Waals surface area contributed by atoms with Gasteiger partial charge in [0.05, 0.1) is 0 Å². The molecular weight excluding hydrogens is 312 g/mol. The molecule has 1 amide bonds. The second-order valence-electron chi connectivity index (χ2n) is 6.64. The molecule has 0 spiro atoms. The van der Waals surface area contributed by atoms with Crippen molar-refractivity contribution in [3.05, 3.63) is 53.2 Å². The van der Waals surface area contributed by atoms with Crippen LogP contribution >= 0.6 is 0 Å². The van der Waals surface area contributed by atoms with Crippen LogP contribution in [0, 0.1) is 6.92 Å². The van der Waals surface area contributed by atoms with Crippen LogP contribution < -0.4 is 5.32 Å². The van der Waals surface area contributed by atoms with Gasteiger partial charge < -0.3 is 10.2 Å². The van der Waals surface area contributed by atoms with Crippen LogP contribution in [-0.4, -0.2) is 33.6 Å². The van der Waals surface area contributed by atoms with E-state index < -0.39 is 0 Å². The van der Waals surface area contributed by atoms with E-state index in [1.54, 1.807) is 6.07 Å². The molecule has 3 rings (SSSR count). The molecule has 1 saturated heterocycles. The highest BCUT2D eigenvalue weighted by Crippen LogP contribution is 2.21. The second kappa shape index (κ2) is 8.10. The third-order valence-corrected chi connectivity index (χ3v) is 4.96. The monoisotopic (exact) mass is 338 g/mol. The fourth-order valence-electron chi connectivity index (χ4n) is 3.37. The summed E-state index contributed by atoms with van der Waals surface area (Å²) in [5.41, 5.74) is 2.90. The van der Waals surface area contributed by atoms with Crippen LogP contribution in [0.4, 0.5) is 5.82 Å². The third-order valence-electron chi connectivity index (χ3n) is 4.96. The SMILES string of the molecule is CCC1CCCCN1C(=O)c1ccc(NCc2ccccc2C)nn1. The molecule has 2 heterocycles. The summed E-state index contributed by atoms with van der Waals surface area (Å²) in [6.07, 6.45) is 4.36. The lowest BCUT2D eigenvalue weighted by molar-refractivity contribution is 0.0601. The number of hydrogen-bond donors (Lipinski definition) is 1. The average molecular weight is 338 g/mol. The van der Waals surface area contributed by atoms with E-state index in [1.165, 1.54) is 17.5 Å². The van der Waals surface area contributed by atoms with E-state index in [9.17, 15) is 4.79 Å². The standard InChI is InChI=1S/C20H26N4O/c1-3-17-10-6-7-13-24(17)20(25)18-11-12-19(23-22-18)21-14-16-9-5-4-8-15(16)2/h4-5,8-9,11-12,17H,3,6-7,10,13-14H2,1-2H3,(H,21,23). The minimum atomic E-state index is 0.00417. The summed E-state index contributed by atoms with van der Waals surface area (Å²) in [6.45, 7) is 5.75. The number of nitrogens with zero attached hydrogens (tertiary/aromatic N) is 3. The molecule has 25 heavy (non-hydrogen) atoms. The van der Waals surface area contributed by atoms with Crippen LogP contribution in [0.5, 0.6) is 0 Å². The van der Waals surface area contributed by atoms with Gasteiger partial charge in [-0.25, -0.2) is 0 Å². The zero-order chi connectivity index (χ0) is 17.6. The Morgan fingerprint density at radius 3 is 2.76 bits per heavy atom. The first-order valence-corrected chi connectivity index (χ1v) is 9.12. The highest BCUT2D eigenvalue weighted by Gasteiger charge is 2.27. The Morgan fingerprint density at radius 1 is 1.20 bits per heavy atom. The number of carbonyl (C=O) groups is 1. The minimum absolute atomic E-state index is 0.00417. The van der Waals surface area contributed by atoms with E-state index in [4.69, 9.17) is 0 Å². The van der Waals surface area contributed by atoms with Gasteiger partial charge in [0.2, 0.25) is 0 Å². The number of piperidine rings is 1. The quantitative estimate of drug-likeness (QED) is 0.901. The molecule has 0 radical (unpaired) electrons. The zero-order valence-corrected chi connectivity index (χ0v) is 15.0. The third kappa shape index (κ3) is 4.16. The first-order valence-electron chi connectivity index (χ1n) is 9.12. The lowest BCUT2D eigenvalue weighted by Crippen LogP contribution is -2.43. The number of aromatic nitrogens is 2. The van der Waals surface area contributed by atoms with Crippen molar-refractivity contribution in [2.45, 2.75) is 52.1 Å². The van der Waals surface area contributed by atoms with Gasteiger partial charge in [-0.15, -0.1) is 10.2 Å². The van der Waals surface area contributed by atoms with Gasteiger partial charge >= 0.3 is 0 Å². The number of hydrogen-bond acceptors (Lipinski definition) is 4. The van der Waals surface area contributed by atoms with E-state index in [0.717, 1.165) is 25.8 Å². The molecule has 1 aromatic carbocycles. The molecular formula is C20H26N4O. The fourth-order valence-corrected chi connectivity index (χ4v) is 3.37. The Hall–Kier alpha value is -2.43. The number of carbonyl (C=O) groups excluding carboxylic acids is 1. The molecule has 1 aliphatic rings. The topological polar surface area (TPSA) is 58.1 Å². The fraction of sp³-hybridized carbons (Fsp3) is 0.450. The van der Waals surface area contributed by atoms with E-state index in [0.29, 0.717) is 24.1 Å². The van der Waals surface area contributed by atoms with Gasteiger partial charge in [-0.05, 0) is 55.9 Å². The summed E-state index contributed by atoms with van der Waals surface area (Å²) in [5.74, 6) is 0.690. The molecule has 0 bridgehead atoms. The molecule has 132 valence electrons. The maximum absolute atomic E-state index is 12.7. The van der Waals surface area contributed by atoms with E-state index in [2.05, 4.69) is 41.5 Å². The number of nitrogens with one attached hydrogen (secondary N) is 1. The lowest BCUT2D eigenvalue weighted by atomic mass is 9.99. The Kier molecular flexibility index (Phi) is 5.64. The van der Waals surface area contributed by atoms with Gasteiger partial charge in [0.25, 0.3) is 5.91 Å². The van der Waals surface area contributed by atoms with Crippen molar-refractivity contribution in [2.75, 3.05) is 11.9 Å². The predicted molar refractivity (Wildman–Crippen MR) is 99.5 cm³/mol. The molecule has 1 fully saturated rings. The smallest absolute Gasteiger partial charge is 0.274 e. The molecule has 1 unspecified atom stereocenters. The largest absolute Gasteiger partial charge is 0.364 e. The molecule has 5 heteroatoms. The van der Waals surface area contributed by atoms with Crippen LogP contribution in [-0.2, 0) is 6.54 Å². The van der Waals surface area contributed by atoms with Crippen molar-refractivity contribution in [3.8, 4) is 0 Å². The van der Waals surface area contributed by atoms with Crippen molar-refractivity contribution < 1.29 is 4.79 Å². The van der Waals surface area contributed by atoms with Gasteiger partial charge in [0.1, 0.15) is 5.82 Å². The van der Waals surface area contributed by atoms with Crippen LogP contribution in [0.1, 0.15) is 54.2 Å². The first kappa shape index (κ1) is 17.4. The molecule has 0 aliphatic carbocycles. The summed E-state index contributed by atoms with van der Waals surface area (Å²) in [4.78, 5) is 14.7. The number of likely N-dealkylation sites (tertiary alicyclic amines) is 1. The number of anilines is 1. The van der Waals surface area contributed by atoms with Gasteiger partial charge in [-0.3, -0.25) is 4.79 Å². The van der Waals surface area contributed by atoms with Gasteiger partial charge in [0.15, 0.2) is 5.69 Å². The highest BCUT2D eigenvalue weighted by molar-refractivity contribution is 5.92. The average Bonchev–Trinajstić information content (AvgIpc) is 2.67. The molecule has 5 nitrogen and oxygen atoms in total. The van der Waals surface area contributed by atoms with Gasteiger partial charge in [-0.1, -0.05) is 31.2 Å². The number of amides is 1. The molecule has 0 saturated carbocycles. The molecule has 1 aromatic heterocycles. The summed E-state index contributed by atoms with van der Waals surface area (Å²) in [5, 5.41) is 11.6. The summed E-state index contributed by atoms with van der Waals surface area (Å²) >= 11 is 0. The number of benzene rings is 1. The Bertz CT molecular complexity index is 714. The van der Waals surface area contributed by atoms with Crippen molar-refractivity contribution in [2.24, 2.45) is 0 Å². The molecule has 1 aliphatic heterocycles. The maximum Gasteiger partial charge on any atom is 0.274 e. The maximum atomic E-state index is 12.7. The van der Waals surface area contributed by atoms with E-state index >= 15 is 0 Å². The van der Waals surface area contributed by atoms with Crippen LogP contribution in [0.15, 0.2) is 36.4 Å². The summed E-state index contributed by atoms with van der Waals surface area (Å²) < 4.78 is 0. The minimum Gasteiger partial charge on any atom is -0.364 e. The predicted octanol–water partition coefficient (Wildman–Crippen LogP) is 3.80. The Labute approximate surface area is 149 Å². The second-order valence-corrected chi connectivity index (χ2v) is 6.64. The number of rotatable bonds is 5. The summed E-state index contributed by atoms with van der Waals surface area (Å²) in [7, 11) is 0. The normalized spacial score (nSPS) is 17.4. The van der Waals surface area contributed by atoms with E-state index in [1.807, 2.05) is 23.1 Å². The van der Waals surface area contributed by atoms with Gasteiger partial charge in [-0.2, -0.15) is 0 Å². The molecule has 2 aromatic rings. The van der Waals surface area contributed by atoms with Crippen LogP contribution in [0.3, 0.4) is 0 Å². The number of aryl methyl sites for hydroxylation is 1. The van der Waals surface area contributed by atoms with Crippen LogP contribution in [0.25, 0.3) is 0 Å².